The number of primary amides is 1. The van der Waals surface area contributed by atoms with Gasteiger partial charge < -0.3 is 10.6 Å². The Bertz CT molecular complexity index is 361. The van der Waals surface area contributed by atoms with Gasteiger partial charge in [0.05, 0.1) is 11.5 Å². The zero-order valence-electron chi connectivity index (χ0n) is 10.4. The lowest BCUT2D eigenvalue weighted by Crippen LogP contribution is -2.40. The molecule has 2 amide bonds. The molecule has 1 rings (SSSR count). The molecule has 0 aromatic heterocycles. The molecule has 0 bridgehead atoms. The van der Waals surface area contributed by atoms with E-state index in [9.17, 15) is 9.59 Å². The van der Waals surface area contributed by atoms with Crippen molar-refractivity contribution in [2.75, 3.05) is 13.1 Å². The zero-order valence-corrected chi connectivity index (χ0v) is 10.4. The molecule has 5 nitrogen and oxygen atoms in total. The Morgan fingerprint density at radius 2 is 2.24 bits per heavy atom. The summed E-state index contributed by atoms with van der Waals surface area (Å²) < 4.78 is 0. The van der Waals surface area contributed by atoms with Gasteiger partial charge >= 0.3 is 0 Å². The summed E-state index contributed by atoms with van der Waals surface area (Å²) in [4.78, 5) is 24.9. The van der Waals surface area contributed by atoms with E-state index in [1.807, 2.05) is 13.0 Å². The first-order valence-electron chi connectivity index (χ1n) is 5.93. The third kappa shape index (κ3) is 2.76. The van der Waals surface area contributed by atoms with E-state index in [1.54, 1.807) is 11.8 Å². The molecule has 2 atom stereocenters. The predicted molar refractivity (Wildman–Crippen MR) is 62.5 cm³/mol. The molecular formula is C12H19N3O2. The number of nitrogens with two attached hydrogens (primary N) is 1. The van der Waals surface area contributed by atoms with Crippen molar-refractivity contribution in [1.82, 2.24) is 4.90 Å². The van der Waals surface area contributed by atoms with Gasteiger partial charge in [-0.2, -0.15) is 5.26 Å². The fraction of sp³-hybridized carbons (Fsp3) is 0.750. The number of carbonyl (C=O) groups is 2. The molecule has 17 heavy (non-hydrogen) atoms. The average molecular weight is 237 g/mol. The van der Waals surface area contributed by atoms with Crippen molar-refractivity contribution >= 4 is 11.8 Å². The van der Waals surface area contributed by atoms with E-state index in [0.29, 0.717) is 25.9 Å². The van der Waals surface area contributed by atoms with Crippen LogP contribution in [-0.4, -0.2) is 29.8 Å². The molecule has 5 heteroatoms. The van der Waals surface area contributed by atoms with Crippen molar-refractivity contribution in [1.29, 1.82) is 5.26 Å². The van der Waals surface area contributed by atoms with E-state index in [2.05, 4.69) is 0 Å². The van der Waals surface area contributed by atoms with Gasteiger partial charge in [0.15, 0.2) is 0 Å². The molecule has 0 aromatic carbocycles. The van der Waals surface area contributed by atoms with Crippen LogP contribution in [0.15, 0.2) is 0 Å². The maximum atomic E-state index is 12.0. The highest BCUT2D eigenvalue weighted by Crippen LogP contribution is 2.30. The number of nitriles is 1. The summed E-state index contributed by atoms with van der Waals surface area (Å²) in [5.74, 6) is -1.13. The average Bonchev–Trinajstić information content (AvgIpc) is 2.69. The minimum Gasteiger partial charge on any atom is -0.369 e. The fourth-order valence-electron chi connectivity index (χ4n) is 2.10. The number of hydrogen-bond donors (Lipinski definition) is 1. The van der Waals surface area contributed by atoms with Gasteiger partial charge in [-0.1, -0.05) is 13.3 Å². The molecule has 0 aliphatic carbocycles. The number of nitrogens with zero attached hydrogens (tertiary/aromatic N) is 2. The monoisotopic (exact) mass is 237 g/mol. The van der Waals surface area contributed by atoms with Gasteiger partial charge in [-0.15, -0.1) is 0 Å². The SMILES string of the molecule is CCCC(C#N)C(=O)N1CCC(C)(C(N)=O)C1. The van der Waals surface area contributed by atoms with Crippen molar-refractivity contribution in [3.63, 3.8) is 0 Å². The van der Waals surface area contributed by atoms with Crippen molar-refractivity contribution in [3.8, 4) is 6.07 Å². The summed E-state index contributed by atoms with van der Waals surface area (Å²) in [6, 6.07) is 2.03. The van der Waals surface area contributed by atoms with Crippen LogP contribution in [0.5, 0.6) is 0 Å². The lowest BCUT2D eigenvalue weighted by molar-refractivity contribution is -0.134. The Morgan fingerprint density at radius 3 is 2.65 bits per heavy atom. The highest BCUT2D eigenvalue weighted by molar-refractivity contribution is 5.85. The minimum atomic E-state index is -0.637. The first kappa shape index (κ1) is 13.5. The smallest absolute Gasteiger partial charge is 0.239 e. The van der Waals surface area contributed by atoms with Crippen LogP contribution in [0.1, 0.15) is 33.1 Å². The molecule has 1 saturated heterocycles. The summed E-state index contributed by atoms with van der Waals surface area (Å²) in [6.07, 6.45) is 1.95. The van der Waals surface area contributed by atoms with Crippen LogP contribution < -0.4 is 5.73 Å². The van der Waals surface area contributed by atoms with Crippen molar-refractivity contribution < 1.29 is 9.59 Å². The fourth-order valence-corrected chi connectivity index (χ4v) is 2.10. The predicted octanol–water partition coefficient (Wildman–Crippen LogP) is 0.650. The summed E-state index contributed by atoms with van der Waals surface area (Å²) in [6.45, 7) is 4.56. The van der Waals surface area contributed by atoms with E-state index in [-0.39, 0.29) is 11.8 Å². The quantitative estimate of drug-likeness (QED) is 0.778. The molecule has 0 aromatic rings. The third-order valence-corrected chi connectivity index (χ3v) is 3.41. The summed E-state index contributed by atoms with van der Waals surface area (Å²) in [7, 11) is 0. The molecule has 2 N–H and O–H groups in total. The zero-order chi connectivity index (χ0) is 13.1. The minimum absolute atomic E-state index is 0.167. The van der Waals surface area contributed by atoms with Crippen LogP contribution in [0.3, 0.4) is 0 Å². The molecule has 1 fully saturated rings. The first-order valence-corrected chi connectivity index (χ1v) is 5.93. The number of rotatable bonds is 4. The lowest BCUT2D eigenvalue weighted by Gasteiger charge is -2.22. The molecule has 94 valence electrons. The van der Waals surface area contributed by atoms with Crippen LogP contribution in [0.4, 0.5) is 0 Å². The summed E-state index contributed by atoms with van der Waals surface area (Å²) in [5, 5.41) is 8.94. The molecule has 0 spiro atoms. The topological polar surface area (TPSA) is 87.2 Å². The Balaban J connectivity index is 2.68. The Morgan fingerprint density at radius 1 is 1.59 bits per heavy atom. The van der Waals surface area contributed by atoms with Crippen LogP contribution in [0.25, 0.3) is 0 Å². The first-order chi connectivity index (χ1) is 7.94. The van der Waals surface area contributed by atoms with Crippen LogP contribution >= 0.6 is 0 Å². The molecule has 0 radical (unpaired) electrons. The van der Waals surface area contributed by atoms with Gasteiger partial charge in [0.2, 0.25) is 11.8 Å². The van der Waals surface area contributed by atoms with Crippen molar-refractivity contribution in [2.24, 2.45) is 17.1 Å². The van der Waals surface area contributed by atoms with E-state index >= 15 is 0 Å². The van der Waals surface area contributed by atoms with Crippen molar-refractivity contribution in [3.05, 3.63) is 0 Å². The highest BCUT2D eigenvalue weighted by Gasteiger charge is 2.41. The van der Waals surface area contributed by atoms with E-state index in [4.69, 9.17) is 11.0 Å². The number of amides is 2. The highest BCUT2D eigenvalue weighted by atomic mass is 16.2. The van der Waals surface area contributed by atoms with Gasteiger partial charge in [-0.05, 0) is 19.8 Å². The number of likely N-dealkylation sites (tertiary alicyclic amines) is 1. The molecule has 0 saturated carbocycles. The van der Waals surface area contributed by atoms with Crippen LogP contribution in [0.2, 0.25) is 0 Å². The standard InChI is InChI=1S/C12H19N3O2/c1-3-4-9(7-13)10(16)15-6-5-12(2,8-15)11(14)17/h9H,3-6,8H2,1-2H3,(H2,14,17). The summed E-state index contributed by atoms with van der Waals surface area (Å²) in [5.41, 5.74) is 4.68. The normalized spacial score (nSPS) is 25.4. The molecular weight excluding hydrogens is 218 g/mol. The van der Waals surface area contributed by atoms with Crippen LogP contribution in [0, 0.1) is 22.7 Å². The number of hydrogen-bond acceptors (Lipinski definition) is 3. The van der Waals surface area contributed by atoms with Gasteiger partial charge in [0.25, 0.3) is 0 Å². The lowest BCUT2D eigenvalue weighted by atomic mass is 9.89. The van der Waals surface area contributed by atoms with Gasteiger partial charge in [0.1, 0.15) is 5.92 Å². The maximum Gasteiger partial charge on any atom is 0.239 e. The van der Waals surface area contributed by atoms with Crippen molar-refractivity contribution in [2.45, 2.75) is 33.1 Å². The maximum absolute atomic E-state index is 12.0. The Hall–Kier alpha value is -1.57. The molecule has 1 heterocycles. The van der Waals surface area contributed by atoms with Crippen LogP contribution in [-0.2, 0) is 9.59 Å². The largest absolute Gasteiger partial charge is 0.369 e. The van der Waals surface area contributed by atoms with Gasteiger partial charge in [-0.25, -0.2) is 0 Å². The Labute approximate surface area is 102 Å². The van der Waals surface area contributed by atoms with E-state index < -0.39 is 11.3 Å². The van der Waals surface area contributed by atoms with E-state index in [0.717, 1.165) is 6.42 Å². The second-order valence-electron chi connectivity index (χ2n) is 4.91. The third-order valence-electron chi connectivity index (χ3n) is 3.41. The van der Waals surface area contributed by atoms with E-state index in [1.165, 1.54) is 0 Å². The summed E-state index contributed by atoms with van der Waals surface area (Å²) >= 11 is 0. The Kier molecular flexibility index (Phi) is 4.11. The molecule has 1 aliphatic heterocycles. The van der Waals surface area contributed by atoms with Gasteiger partial charge in [0, 0.05) is 13.1 Å². The molecule has 2 unspecified atom stereocenters. The molecule has 1 aliphatic rings. The number of carbonyl (C=O) groups excluding carboxylic acids is 2. The van der Waals surface area contributed by atoms with Gasteiger partial charge in [-0.3, -0.25) is 9.59 Å². The second kappa shape index (κ2) is 5.17. The second-order valence-corrected chi connectivity index (χ2v) is 4.91.